The van der Waals surface area contributed by atoms with Gasteiger partial charge in [-0.1, -0.05) is 18.2 Å². The van der Waals surface area contributed by atoms with Crippen molar-refractivity contribution >= 4 is 17.4 Å². The van der Waals surface area contributed by atoms with Crippen LogP contribution in [0.4, 0.5) is 5.69 Å². The number of carbonyl (C=O) groups is 1. The minimum Gasteiger partial charge on any atom is -0.481 e. The van der Waals surface area contributed by atoms with E-state index in [2.05, 4.69) is 4.58 Å². The maximum atomic E-state index is 11.0. The summed E-state index contributed by atoms with van der Waals surface area (Å²) >= 11 is 0. The lowest BCUT2D eigenvalue weighted by Crippen LogP contribution is -2.32. The Hall–Kier alpha value is -1.64. The van der Waals surface area contributed by atoms with Gasteiger partial charge in [0.1, 0.15) is 7.05 Å². The van der Waals surface area contributed by atoms with Crippen molar-refractivity contribution < 1.29 is 14.5 Å². The van der Waals surface area contributed by atoms with Crippen molar-refractivity contribution in [3.05, 3.63) is 29.8 Å². The number of para-hydroxylation sites is 1. The highest BCUT2D eigenvalue weighted by molar-refractivity contribution is 5.96. The molecule has 0 amide bonds. The lowest BCUT2D eigenvalue weighted by atomic mass is 9.77. The zero-order chi connectivity index (χ0) is 11.9. The van der Waals surface area contributed by atoms with E-state index in [-0.39, 0.29) is 11.8 Å². The summed E-state index contributed by atoms with van der Waals surface area (Å²) in [5, 5.41) is 9.04. The molecule has 0 radical (unpaired) electrons. The maximum absolute atomic E-state index is 11.0. The second-order valence-electron chi connectivity index (χ2n) is 4.56. The van der Waals surface area contributed by atoms with E-state index < -0.39 is 5.97 Å². The summed E-state index contributed by atoms with van der Waals surface area (Å²) in [6, 6.07) is 8.00. The molecule has 2 rings (SSSR count). The van der Waals surface area contributed by atoms with Gasteiger partial charge >= 0.3 is 5.97 Å². The molecule has 3 heteroatoms. The Morgan fingerprint density at radius 2 is 2.06 bits per heavy atom. The Balaban J connectivity index is 2.60. The SMILES string of the molecule is CC1=[N+](C)c2ccccc2[C@@]1(C)CC(=O)O. The summed E-state index contributed by atoms with van der Waals surface area (Å²) in [5.74, 6) is -0.757. The van der Waals surface area contributed by atoms with Crippen LogP contribution in [0.1, 0.15) is 25.8 Å². The van der Waals surface area contributed by atoms with E-state index in [0.717, 1.165) is 17.0 Å². The summed E-state index contributed by atoms with van der Waals surface area (Å²) < 4.78 is 2.08. The topological polar surface area (TPSA) is 40.3 Å². The third-order valence-electron chi connectivity index (χ3n) is 3.67. The molecule has 0 spiro atoms. The summed E-state index contributed by atoms with van der Waals surface area (Å²) in [5.41, 5.74) is 2.94. The minimum absolute atomic E-state index is 0.139. The molecule has 1 aromatic rings. The van der Waals surface area contributed by atoms with Crippen molar-refractivity contribution in [1.82, 2.24) is 0 Å². The highest BCUT2D eigenvalue weighted by atomic mass is 16.4. The fraction of sp³-hybridized carbons (Fsp3) is 0.385. The van der Waals surface area contributed by atoms with Crippen molar-refractivity contribution in [3.63, 3.8) is 0 Å². The molecule has 1 heterocycles. The first-order valence-corrected chi connectivity index (χ1v) is 5.36. The van der Waals surface area contributed by atoms with E-state index in [1.165, 1.54) is 0 Å². The summed E-state index contributed by atoms with van der Waals surface area (Å²) in [6.07, 6.45) is 0.139. The van der Waals surface area contributed by atoms with Crippen LogP contribution in [0.25, 0.3) is 0 Å². The van der Waals surface area contributed by atoms with E-state index in [1.807, 2.05) is 45.2 Å². The van der Waals surface area contributed by atoms with Crippen LogP contribution >= 0.6 is 0 Å². The molecule has 0 unspecified atom stereocenters. The van der Waals surface area contributed by atoms with Gasteiger partial charge in [0.15, 0.2) is 5.71 Å². The van der Waals surface area contributed by atoms with Crippen molar-refractivity contribution in [2.24, 2.45) is 0 Å². The molecular formula is C13H16NO2+. The monoisotopic (exact) mass is 218 g/mol. The van der Waals surface area contributed by atoms with E-state index in [0.29, 0.717) is 0 Å². The first kappa shape index (κ1) is 10.9. The average molecular weight is 218 g/mol. The lowest BCUT2D eigenvalue weighted by Gasteiger charge is -2.19. The third kappa shape index (κ3) is 1.35. The van der Waals surface area contributed by atoms with Gasteiger partial charge in [0.25, 0.3) is 0 Å². The van der Waals surface area contributed by atoms with E-state index in [1.54, 1.807) is 0 Å². The maximum Gasteiger partial charge on any atom is 0.304 e. The van der Waals surface area contributed by atoms with Gasteiger partial charge in [-0.25, -0.2) is 4.58 Å². The Morgan fingerprint density at radius 1 is 1.44 bits per heavy atom. The smallest absolute Gasteiger partial charge is 0.304 e. The standard InChI is InChI=1S/C13H15NO2/c1-9-13(2,8-12(15)16)10-6-4-5-7-11(10)14(9)3/h4-7H,8H2,1-3H3/p+1/t13-/m0/s1. The summed E-state index contributed by atoms with van der Waals surface area (Å²) in [6.45, 7) is 4.00. The van der Waals surface area contributed by atoms with Gasteiger partial charge < -0.3 is 5.11 Å². The third-order valence-corrected chi connectivity index (χ3v) is 3.67. The van der Waals surface area contributed by atoms with Crippen LogP contribution in [0.5, 0.6) is 0 Å². The van der Waals surface area contributed by atoms with Crippen LogP contribution in [0.2, 0.25) is 0 Å². The Labute approximate surface area is 95.0 Å². The highest BCUT2D eigenvalue weighted by Gasteiger charge is 2.46. The van der Waals surface area contributed by atoms with Crippen molar-refractivity contribution in [2.45, 2.75) is 25.7 Å². The molecule has 0 saturated carbocycles. The quantitative estimate of drug-likeness (QED) is 0.773. The second kappa shape index (κ2) is 3.44. The fourth-order valence-corrected chi connectivity index (χ4v) is 2.50. The number of rotatable bonds is 2. The first-order valence-electron chi connectivity index (χ1n) is 5.36. The number of hydrogen-bond acceptors (Lipinski definition) is 1. The van der Waals surface area contributed by atoms with Crippen LogP contribution < -0.4 is 0 Å². The molecule has 1 aromatic carbocycles. The number of carboxylic acid groups (broad SMARTS) is 1. The Morgan fingerprint density at radius 3 is 2.69 bits per heavy atom. The zero-order valence-corrected chi connectivity index (χ0v) is 9.82. The molecule has 16 heavy (non-hydrogen) atoms. The number of hydrogen-bond donors (Lipinski definition) is 1. The van der Waals surface area contributed by atoms with Crippen LogP contribution in [0.15, 0.2) is 24.3 Å². The molecule has 84 valence electrons. The number of fused-ring (bicyclic) bond motifs is 1. The highest BCUT2D eigenvalue weighted by Crippen LogP contribution is 2.41. The van der Waals surface area contributed by atoms with Crippen LogP contribution in [-0.4, -0.2) is 28.4 Å². The second-order valence-corrected chi connectivity index (χ2v) is 4.56. The van der Waals surface area contributed by atoms with E-state index in [4.69, 9.17) is 5.11 Å². The molecule has 1 N–H and O–H groups in total. The summed E-state index contributed by atoms with van der Waals surface area (Å²) in [7, 11) is 1.99. The van der Waals surface area contributed by atoms with Gasteiger partial charge in [-0.05, 0) is 6.92 Å². The molecular weight excluding hydrogens is 202 g/mol. The summed E-state index contributed by atoms with van der Waals surface area (Å²) in [4.78, 5) is 11.0. The zero-order valence-electron chi connectivity index (χ0n) is 9.82. The molecule has 1 aliphatic heterocycles. The normalized spacial score (nSPS) is 23.4. The molecule has 3 nitrogen and oxygen atoms in total. The van der Waals surface area contributed by atoms with Gasteiger partial charge in [0, 0.05) is 18.6 Å². The fourth-order valence-electron chi connectivity index (χ4n) is 2.50. The average Bonchev–Trinajstić information content (AvgIpc) is 2.42. The number of benzene rings is 1. The van der Waals surface area contributed by atoms with Crippen LogP contribution in [0, 0.1) is 0 Å². The van der Waals surface area contributed by atoms with Crippen molar-refractivity contribution in [1.29, 1.82) is 0 Å². The number of carboxylic acids is 1. The molecule has 0 fully saturated rings. The number of nitrogens with zero attached hydrogens (tertiary/aromatic N) is 1. The largest absolute Gasteiger partial charge is 0.481 e. The lowest BCUT2D eigenvalue weighted by molar-refractivity contribution is -0.403. The molecule has 0 saturated heterocycles. The molecule has 0 bridgehead atoms. The first-order chi connectivity index (χ1) is 7.47. The van der Waals surface area contributed by atoms with E-state index in [9.17, 15) is 4.79 Å². The predicted molar refractivity (Wildman–Crippen MR) is 62.6 cm³/mol. The Bertz CT molecular complexity index is 490. The van der Waals surface area contributed by atoms with Crippen LogP contribution in [0.3, 0.4) is 0 Å². The van der Waals surface area contributed by atoms with Crippen molar-refractivity contribution in [2.75, 3.05) is 7.05 Å². The molecule has 0 aliphatic carbocycles. The van der Waals surface area contributed by atoms with Gasteiger partial charge in [-0.2, -0.15) is 0 Å². The molecule has 0 aromatic heterocycles. The van der Waals surface area contributed by atoms with E-state index >= 15 is 0 Å². The van der Waals surface area contributed by atoms with Gasteiger partial charge in [0.05, 0.1) is 11.8 Å². The van der Waals surface area contributed by atoms with Gasteiger partial charge in [0.2, 0.25) is 5.69 Å². The van der Waals surface area contributed by atoms with Crippen LogP contribution in [-0.2, 0) is 10.2 Å². The van der Waals surface area contributed by atoms with Gasteiger partial charge in [-0.15, -0.1) is 0 Å². The molecule has 1 atom stereocenters. The van der Waals surface area contributed by atoms with Crippen molar-refractivity contribution in [3.8, 4) is 0 Å². The minimum atomic E-state index is -0.757. The predicted octanol–water partition coefficient (Wildman–Crippen LogP) is 2.17. The number of aliphatic carboxylic acids is 1. The molecule has 1 aliphatic rings. The Kier molecular flexibility index (Phi) is 2.34. The van der Waals surface area contributed by atoms with Gasteiger partial charge in [-0.3, -0.25) is 4.79 Å².